The minimum absolute atomic E-state index is 0.00657. The number of rotatable bonds is 2. The van der Waals surface area contributed by atoms with Crippen LogP contribution in [-0.2, 0) is 4.74 Å². The first-order valence-corrected chi connectivity index (χ1v) is 4.51. The molecule has 0 aliphatic carbocycles. The van der Waals surface area contributed by atoms with E-state index in [9.17, 15) is 9.18 Å². The van der Waals surface area contributed by atoms with E-state index in [1.165, 1.54) is 26.4 Å². The van der Waals surface area contributed by atoms with Crippen LogP contribution in [0.25, 0.3) is 0 Å². The second kappa shape index (κ2) is 4.41. The fourth-order valence-corrected chi connectivity index (χ4v) is 1.46. The summed E-state index contributed by atoms with van der Waals surface area (Å²) < 4.78 is 23.2. The summed E-state index contributed by atoms with van der Waals surface area (Å²) in [6, 6.07) is 2.85. The van der Waals surface area contributed by atoms with Gasteiger partial charge in [0, 0.05) is 0 Å². The number of halogens is 2. The molecule has 5 heteroatoms. The largest absolute Gasteiger partial charge is 0.492 e. The maximum atomic E-state index is 13.5. The van der Waals surface area contributed by atoms with Crippen molar-refractivity contribution < 1.29 is 18.7 Å². The Bertz CT molecular complexity index is 365. The van der Waals surface area contributed by atoms with Gasteiger partial charge < -0.3 is 9.47 Å². The molecule has 0 atom stereocenters. The Morgan fingerprint density at radius 1 is 1.43 bits per heavy atom. The van der Waals surface area contributed by atoms with Crippen LogP contribution in [0, 0.1) is 5.82 Å². The van der Waals surface area contributed by atoms with Crippen LogP contribution in [0.4, 0.5) is 4.39 Å². The average Bonchev–Trinajstić information content (AvgIpc) is 2.18. The molecule has 0 N–H and O–H groups in total. The summed E-state index contributed by atoms with van der Waals surface area (Å²) >= 11 is 3.10. The second-order valence-electron chi connectivity index (χ2n) is 2.43. The molecule has 0 fully saturated rings. The lowest BCUT2D eigenvalue weighted by Gasteiger charge is -2.07. The van der Waals surface area contributed by atoms with Crippen LogP contribution in [0.2, 0.25) is 0 Å². The average molecular weight is 263 g/mol. The molecule has 0 aromatic heterocycles. The Morgan fingerprint density at radius 2 is 2.07 bits per heavy atom. The summed E-state index contributed by atoms with van der Waals surface area (Å²) in [4.78, 5) is 11.1. The molecule has 14 heavy (non-hydrogen) atoms. The van der Waals surface area contributed by atoms with E-state index in [0.29, 0.717) is 4.47 Å². The molecule has 1 rings (SSSR count). The number of ether oxygens (including phenoxy) is 2. The molecular formula is C9H8BrFO3. The van der Waals surface area contributed by atoms with Crippen LogP contribution < -0.4 is 4.74 Å². The first kappa shape index (κ1) is 11.0. The van der Waals surface area contributed by atoms with E-state index in [1.54, 1.807) is 0 Å². The van der Waals surface area contributed by atoms with Crippen molar-refractivity contribution in [2.24, 2.45) is 0 Å². The highest BCUT2D eigenvalue weighted by Gasteiger charge is 2.18. The van der Waals surface area contributed by atoms with Crippen molar-refractivity contribution in [3.63, 3.8) is 0 Å². The van der Waals surface area contributed by atoms with Crippen LogP contribution in [0.15, 0.2) is 16.6 Å². The van der Waals surface area contributed by atoms with E-state index < -0.39 is 11.8 Å². The van der Waals surface area contributed by atoms with Crippen molar-refractivity contribution in [3.05, 3.63) is 28.0 Å². The molecule has 0 spiro atoms. The zero-order chi connectivity index (χ0) is 10.7. The Morgan fingerprint density at radius 3 is 2.57 bits per heavy atom. The van der Waals surface area contributed by atoms with Gasteiger partial charge >= 0.3 is 5.97 Å². The quantitative estimate of drug-likeness (QED) is 0.768. The minimum Gasteiger partial charge on any atom is -0.492 e. The minimum atomic E-state index is -0.728. The topological polar surface area (TPSA) is 35.5 Å². The smallest absolute Gasteiger partial charge is 0.340 e. The van der Waals surface area contributed by atoms with Gasteiger partial charge in [-0.25, -0.2) is 9.18 Å². The number of benzene rings is 1. The summed E-state index contributed by atoms with van der Waals surface area (Å²) in [5.41, 5.74) is -0.146. The molecule has 76 valence electrons. The van der Waals surface area contributed by atoms with Crippen molar-refractivity contribution in [1.29, 1.82) is 0 Å². The number of carbonyl (C=O) groups is 1. The predicted octanol–water partition coefficient (Wildman–Crippen LogP) is 2.38. The molecule has 0 saturated carbocycles. The van der Waals surface area contributed by atoms with Crippen LogP contribution >= 0.6 is 15.9 Å². The maximum absolute atomic E-state index is 13.5. The Labute approximate surface area is 88.9 Å². The summed E-state index contributed by atoms with van der Waals surface area (Å²) in [7, 11) is 2.51. The highest BCUT2D eigenvalue weighted by Crippen LogP contribution is 2.30. The van der Waals surface area contributed by atoms with Gasteiger partial charge in [0.2, 0.25) is 0 Å². The highest BCUT2D eigenvalue weighted by atomic mass is 79.9. The third kappa shape index (κ3) is 1.87. The van der Waals surface area contributed by atoms with Crippen molar-refractivity contribution >= 4 is 21.9 Å². The van der Waals surface area contributed by atoms with E-state index in [-0.39, 0.29) is 11.3 Å². The number of esters is 1. The van der Waals surface area contributed by atoms with Crippen molar-refractivity contribution in [2.75, 3.05) is 14.2 Å². The molecular weight excluding hydrogens is 255 g/mol. The maximum Gasteiger partial charge on any atom is 0.340 e. The van der Waals surface area contributed by atoms with Gasteiger partial charge in [-0.3, -0.25) is 0 Å². The number of hydrogen-bond acceptors (Lipinski definition) is 3. The van der Waals surface area contributed by atoms with E-state index in [0.717, 1.165) is 0 Å². The van der Waals surface area contributed by atoms with Gasteiger partial charge in [0.1, 0.15) is 0 Å². The molecule has 0 aliphatic rings. The summed E-state index contributed by atoms with van der Waals surface area (Å²) in [6.45, 7) is 0. The summed E-state index contributed by atoms with van der Waals surface area (Å²) in [6.07, 6.45) is 0. The number of methoxy groups -OCH3 is 2. The zero-order valence-electron chi connectivity index (χ0n) is 7.64. The first-order valence-electron chi connectivity index (χ1n) is 3.72. The molecule has 0 saturated heterocycles. The van der Waals surface area contributed by atoms with Gasteiger partial charge in [0.25, 0.3) is 0 Å². The third-order valence-corrected chi connectivity index (χ3v) is 2.28. The second-order valence-corrected chi connectivity index (χ2v) is 3.29. The lowest BCUT2D eigenvalue weighted by atomic mass is 10.2. The molecule has 3 nitrogen and oxygen atoms in total. The molecule has 1 aromatic rings. The molecule has 0 unspecified atom stereocenters. The van der Waals surface area contributed by atoms with E-state index in [4.69, 9.17) is 4.74 Å². The van der Waals surface area contributed by atoms with E-state index >= 15 is 0 Å². The number of carbonyl (C=O) groups excluding carboxylic acids is 1. The van der Waals surface area contributed by atoms with E-state index in [1.807, 2.05) is 0 Å². The van der Waals surface area contributed by atoms with Gasteiger partial charge in [-0.1, -0.05) is 0 Å². The number of hydrogen-bond donors (Lipinski definition) is 0. The molecule has 1 aromatic carbocycles. The van der Waals surface area contributed by atoms with Crippen LogP contribution in [0.5, 0.6) is 5.75 Å². The highest BCUT2D eigenvalue weighted by molar-refractivity contribution is 9.10. The standard InChI is InChI=1S/C9H8BrFO3/c1-13-8-6(10)4-3-5(7(8)11)9(12)14-2/h3-4H,1-2H3. The summed E-state index contributed by atoms with van der Waals surface area (Å²) in [5.74, 6) is -1.46. The van der Waals surface area contributed by atoms with Gasteiger partial charge in [-0.2, -0.15) is 0 Å². The van der Waals surface area contributed by atoms with Crippen molar-refractivity contribution in [2.45, 2.75) is 0 Å². The fraction of sp³-hybridized carbons (Fsp3) is 0.222. The third-order valence-electron chi connectivity index (χ3n) is 1.66. The van der Waals surface area contributed by atoms with Crippen LogP contribution in [-0.4, -0.2) is 20.2 Å². The van der Waals surface area contributed by atoms with Crippen LogP contribution in [0.1, 0.15) is 10.4 Å². The van der Waals surface area contributed by atoms with Gasteiger partial charge in [-0.15, -0.1) is 0 Å². The molecule has 0 aliphatic heterocycles. The lowest BCUT2D eigenvalue weighted by molar-refractivity contribution is 0.0594. The molecule has 0 heterocycles. The molecule has 0 amide bonds. The predicted molar refractivity (Wildman–Crippen MR) is 52.0 cm³/mol. The van der Waals surface area contributed by atoms with Gasteiger partial charge in [-0.05, 0) is 28.1 Å². The SMILES string of the molecule is COC(=O)c1ccc(Br)c(OC)c1F. The zero-order valence-corrected chi connectivity index (χ0v) is 9.22. The lowest BCUT2D eigenvalue weighted by Crippen LogP contribution is -2.05. The molecule has 0 radical (unpaired) electrons. The van der Waals surface area contributed by atoms with Gasteiger partial charge in [0.05, 0.1) is 24.3 Å². The van der Waals surface area contributed by atoms with Crippen molar-refractivity contribution in [1.82, 2.24) is 0 Å². The Kier molecular flexibility index (Phi) is 3.46. The van der Waals surface area contributed by atoms with Crippen LogP contribution in [0.3, 0.4) is 0 Å². The Hall–Kier alpha value is -1.10. The molecule has 0 bridgehead atoms. The summed E-state index contributed by atoms with van der Waals surface area (Å²) in [5, 5.41) is 0. The van der Waals surface area contributed by atoms with Gasteiger partial charge in [0.15, 0.2) is 11.6 Å². The van der Waals surface area contributed by atoms with E-state index in [2.05, 4.69) is 20.7 Å². The fourth-order valence-electron chi connectivity index (χ4n) is 0.987. The monoisotopic (exact) mass is 262 g/mol. The first-order chi connectivity index (χ1) is 6.61. The van der Waals surface area contributed by atoms with Crippen molar-refractivity contribution in [3.8, 4) is 5.75 Å². The normalized spacial score (nSPS) is 9.71. The Balaban J connectivity index is 3.28.